The predicted molar refractivity (Wildman–Crippen MR) is 69.0 cm³/mol. The molecule has 0 unspecified atom stereocenters. The number of rotatable bonds is 3. The standard InChI is InChI=1S/C12H15NS2/c1-8-4-6-10(14-8)12(13-3)11-7-5-9(2)15-11/h4-7,12-13H,1-3H3. The SMILES string of the molecule is CNC(c1ccc(C)s1)c1ccc(C)s1. The molecule has 1 nitrogen and oxygen atoms in total. The summed E-state index contributed by atoms with van der Waals surface area (Å²) >= 11 is 3.74. The molecule has 0 saturated heterocycles. The van der Waals surface area contributed by atoms with E-state index in [-0.39, 0.29) is 0 Å². The molecule has 3 heteroatoms. The first-order valence-electron chi connectivity index (χ1n) is 5.00. The molecular weight excluding hydrogens is 222 g/mol. The lowest BCUT2D eigenvalue weighted by Crippen LogP contribution is -2.14. The van der Waals surface area contributed by atoms with Gasteiger partial charge in [-0.15, -0.1) is 22.7 Å². The van der Waals surface area contributed by atoms with Gasteiger partial charge in [-0.05, 0) is 45.2 Å². The van der Waals surface area contributed by atoms with E-state index in [1.165, 1.54) is 19.5 Å². The zero-order valence-corrected chi connectivity index (χ0v) is 10.8. The summed E-state index contributed by atoms with van der Waals surface area (Å²) in [5.41, 5.74) is 0. The molecule has 0 atom stereocenters. The summed E-state index contributed by atoms with van der Waals surface area (Å²) in [5, 5.41) is 3.38. The first-order valence-corrected chi connectivity index (χ1v) is 6.64. The molecule has 0 aliphatic rings. The second-order valence-corrected chi connectivity index (χ2v) is 6.26. The molecule has 0 fully saturated rings. The molecule has 0 bridgehead atoms. The van der Waals surface area contributed by atoms with Crippen LogP contribution in [0.15, 0.2) is 24.3 Å². The van der Waals surface area contributed by atoms with Crippen LogP contribution in [-0.4, -0.2) is 7.05 Å². The number of hydrogen-bond acceptors (Lipinski definition) is 3. The van der Waals surface area contributed by atoms with Crippen LogP contribution in [0.5, 0.6) is 0 Å². The van der Waals surface area contributed by atoms with Crippen molar-refractivity contribution in [1.29, 1.82) is 0 Å². The van der Waals surface area contributed by atoms with E-state index in [1.54, 1.807) is 0 Å². The van der Waals surface area contributed by atoms with Crippen LogP contribution in [0.4, 0.5) is 0 Å². The summed E-state index contributed by atoms with van der Waals surface area (Å²) < 4.78 is 0. The highest BCUT2D eigenvalue weighted by molar-refractivity contribution is 7.13. The third-order valence-corrected chi connectivity index (χ3v) is 4.51. The van der Waals surface area contributed by atoms with Crippen molar-refractivity contribution in [2.75, 3.05) is 7.05 Å². The summed E-state index contributed by atoms with van der Waals surface area (Å²) in [7, 11) is 2.02. The molecule has 0 amide bonds. The topological polar surface area (TPSA) is 12.0 Å². The van der Waals surface area contributed by atoms with Crippen LogP contribution in [-0.2, 0) is 0 Å². The Hall–Kier alpha value is -0.640. The second kappa shape index (κ2) is 4.47. The molecule has 2 aromatic rings. The average molecular weight is 237 g/mol. The number of nitrogens with one attached hydrogen (secondary N) is 1. The van der Waals surface area contributed by atoms with Crippen LogP contribution in [0.25, 0.3) is 0 Å². The molecule has 0 aromatic carbocycles. The Bertz CT molecular complexity index is 402. The Morgan fingerprint density at radius 2 is 1.40 bits per heavy atom. The van der Waals surface area contributed by atoms with Crippen molar-refractivity contribution in [2.24, 2.45) is 0 Å². The summed E-state index contributed by atoms with van der Waals surface area (Å²) in [4.78, 5) is 5.55. The van der Waals surface area contributed by atoms with Crippen molar-refractivity contribution < 1.29 is 0 Å². The molecule has 80 valence electrons. The third kappa shape index (κ3) is 2.30. The number of aryl methyl sites for hydroxylation is 2. The molecule has 15 heavy (non-hydrogen) atoms. The fourth-order valence-electron chi connectivity index (χ4n) is 1.64. The Morgan fingerprint density at radius 1 is 0.933 bits per heavy atom. The second-order valence-electron chi connectivity index (χ2n) is 3.62. The van der Waals surface area contributed by atoms with Crippen LogP contribution in [0.2, 0.25) is 0 Å². The van der Waals surface area contributed by atoms with Crippen molar-refractivity contribution in [3.8, 4) is 0 Å². The molecule has 0 spiro atoms. The highest BCUT2D eigenvalue weighted by atomic mass is 32.1. The van der Waals surface area contributed by atoms with Gasteiger partial charge in [0.1, 0.15) is 0 Å². The fraction of sp³-hybridized carbons (Fsp3) is 0.333. The Kier molecular flexibility index (Phi) is 3.24. The van der Waals surface area contributed by atoms with Crippen molar-refractivity contribution in [2.45, 2.75) is 19.9 Å². The smallest absolute Gasteiger partial charge is 0.0762 e. The molecule has 2 aromatic heterocycles. The lowest BCUT2D eigenvalue weighted by molar-refractivity contribution is 0.716. The van der Waals surface area contributed by atoms with Gasteiger partial charge >= 0.3 is 0 Å². The molecule has 0 saturated carbocycles. The zero-order valence-electron chi connectivity index (χ0n) is 9.20. The number of hydrogen-bond donors (Lipinski definition) is 1. The Balaban J connectivity index is 2.32. The Labute approximate surface area is 98.8 Å². The third-order valence-electron chi connectivity index (χ3n) is 2.38. The van der Waals surface area contributed by atoms with Crippen LogP contribution in [0, 0.1) is 13.8 Å². The molecular formula is C12H15NS2. The van der Waals surface area contributed by atoms with Gasteiger partial charge in [-0.2, -0.15) is 0 Å². The molecule has 0 aliphatic carbocycles. The molecule has 0 aliphatic heterocycles. The van der Waals surface area contributed by atoms with E-state index in [1.807, 2.05) is 29.7 Å². The highest BCUT2D eigenvalue weighted by Crippen LogP contribution is 2.31. The summed E-state index contributed by atoms with van der Waals surface area (Å²) in [6, 6.07) is 9.17. The van der Waals surface area contributed by atoms with E-state index in [4.69, 9.17) is 0 Å². The van der Waals surface area contributed by atoms with Gasteiger partial charge in [0.15, 0.2) is 0 Å². The Morgan fingerprint density at radius 3 is 1.67 bits per heavy atom. The van der Waals surface area contributed by atoms with E-state index in [0.29, 0.717) is 6.04 Å². The summed E-state index contributed by atoms with van der Waals surface area (Å²) in [6.45, 7) is 4.31. The largest absolute Gasteiger partial charge is 0.308 e. The van der Waals surface area contributed by atoms with E-state index >= 15 is 0 Å². The monoisotopic (exact) mass is 237 g/mol. The molecule has 2 heterocycles. The van der Waals surface area contributed by atoms with E-state index < -0.39 is 0 Å². The first-order chi connectivity index (χ1) is 7.20. The quantitative estimate of drug-likeness (QED) is 0.857. The minimum absolute atomic E-state index is 0.363. The minimum Gasteiger partial charge on any atom is -0.308 e. The minimum atomic E-state index is 0.363. The first kappa shape index (κ1) is 10.9. The van der Waals surface area contributed by atoms with Gasteiger partial charge in [-0.1, -0.05) is 0 Å². The van der Waals surface area contributed by atoms with Gasteiger partial charge in [-0.3, -0.25) is 0 Å². The van der Waals surface area contributed by atoms with Crippen molar-refractivity contribution in [1.82, 2.24) is 5.32 Å². The summed E-state index contributed by atoms with van der Waals surface area (Å²) in [5.74, 6) is 0. The maximum Gasteiger partial charge on any atom is 0.0762 e. The maximum atomic E-state index is 3.38. The van der Waals surface area contributed by atoms with Crippen molar-refractivity contribution in [3.05, 3.63) is 43.8 Å². The molecule has 1 N–H and O–H groups in total. The normalized spacial score (nSPS) is 11.2. The van der Waals surface area contributed by atoms with Crippen molar-refractivity contribution in [3.63, 3.8) is 0 Å². The average Bonchev–Trinajstić information content (AvgIpc) is 2.78. The van der Waals surface area contributed by atoms with Gasteiger partial charge in [0.25, 0.3) is 0 Å². The van der Waals surface area contributed by atoms with Crippen LogP contribution >= 0.6 is 22.7 Å². The molecule has 0 radical (unpaired) electrons. The van der Waals surface area contributed by atoms with Gasteiger partial charge in [0.05, 0.1) is 6.04 Å². The zero-order chi connectivity index (χ0) is 10.8. The van der Waals surface area contributed by atoms with Gasteiger partial charge in [0.2, 0.25) is 0 Å². The fourth-order valence-corrected chi connectivity index (χ4v) is 3.73. The lowest BCUT2D eigenvalue weighted by Gasteiger charge is -2.12. The van der Waals surface area contributed by atoms with E-state index in [2.05, 4.69) is 43.4 Å². The highest BCUT2D eigenvalue weighted by Gasteiger charge is 2.14. The molecule has 2 rings (SSSR count). The maximum absolute atomic E-state index is 3.38. The van der Waals surface area contributed by atoms with Crippen molar-refractivity contribution >= 4 is 22.7 Å². The van der Waals surface area contributed by atoms with Gasteiger partial charge < -0.3 is 5.32 Å². The lowest BCUT2D eigenvalue weighted by atomic mass is 10.2. The van der Waals surface area contributed by atoms with Crippen LogP contribution < -0.4 is 5.32 Å². The van der Waals surface area contributed by atoms with E-state index in [9.17, 15) is 0 Å². The van der Waals surface area contributed by atoms with Gasteiger partial charge in [0, 0.05) is 19.5 Å². The number of thiophene rings is 2. The van der Waals surface area contributed by atoms with Gasteiger partial charge in [-0.25, -0.2) is 0 Å². The van der Waals surface area contributed by atoms with E-state index in [0.717, 1.165) is 0 Å². The van der Waals surface area contributed by atoms with Crippen LogP contribution in [0.3, 0.4) is 0 Å². The predicted octanol–water partition coefficient (Wildman–Crippen LogP) is 3.74. The van der Waals surface area contributed by atoms with Crippen LogP contribution in [0.1, 0.15) is 25.6 Å². The summed E-state index contributed by atoms with van der Waals surface area (Å²) in [6.07, 6.45) is 0.